The van der Waals surface area contributed by atoms with Crippen LogP contribution in [0.1, 0.15) is 50.5 Å². The first kappa shape index (κ1) is 18.7. The predicted molar refractivity (Wildman–Crippen MR) is 119 cm³/mol. The van der Waals surface area contributed by atoms with Gasteiger partial charge in [0, 0.05) is 16.4 Å². The van der Waals surface area contributed by atoms with Crippen LogP contribution in [-0.2, 0) is 6.54 Å². The summed E-state index contributed by atoms with van der Waals surface area (Å²) in [5.41, 5.74) is 5.04. The van der Waals surface area contributed by atoms with E-state index < -0.39 is 0 Å². The number of rotatable bonds is 4. The molecule has 0 bridgehead atoms. The minimum absolute atomic E-state index is 0.761. The Morgan fingerprint density at radius 3 is 2.37 bits per heavy atom. The number of aromatic nitrogens is 1. The first-order valence-electron chi connectivity index (χ1n) is 9.83. The van der Waals surface area contributed by atoms with E-state index in [1.54, 1.807) is 11.3 Å². The Hall–Kier alpha value is -1.65. The summed E-state index contributed by atoms with van der Waals surface area (Å²) in [5, 5.41) is 2.23. The molecule has 1 aliphatic rings. The Labute approximate surface area is 173 Å². The minimum Gasteiger partial charge on any atom is -0.317 e. The molecule has 3 aromatic rings. The van der Waals surface area contributed by atoms with Gasteiger partial charge < -0.3 is 4.57 Å². The van der Waals surface area contributed by atoms with Gasteiger partial charge in [0.15, 0.2) is 4.80 Å². The molecule has 2 nitrogen and oxygen atoms in total. The molecular formula is C23H25BrN2S. The number of hydrogen-bond acceptors (Lipinski definition) is 2. The van der Waals surface area contributed by atoms with Crippen molar-refractivity contribution < 1.29 is 0 Å². The quantitative estimate of drug-likeness (QED) is 0.405. The van der Waals surface area contributed by atoms with Gasteiger partial charge in [-0.15, -0.1) is 11.3 Å². The normalized spacial score (nSPS) is 16.0. The molecule has 0 spiro atoms. The largest absolute Gasteiger partial charge is 0.317 e. The Morgan fingerprint density at radius 2 is 1.70 bits per heavy atom. The van der Waals surface area contributed by atoms with E-state index in [9.17, 15) is 0 Å². The number of hydrogen-bond donors (Lipinski definition) is 0. The lowest BCUT2D eigenvalue weighted by Crippen LogP contribution is -2.14. The molecule has 0 radical (unpaired) electrons. The van der Waals surface area contributed by atoms with Gasteiger partial charge in [-0.2, -0.15) is 0 Å². The fourth-order valence-corrected chi connectivity index (χ4v) is 5.20. The molecule has 0 amide bonds. The van der Waals surface area contributed by atoms with Crippen molar-refractivity contribution in [2.24, 2.45) is 4.99 Å². The van der Waals surface area contributed by atoms with Gasteiger partial charge in [0.05, 0.1) is 11.4 Å². The summed E-state index contributed by atoms with van der Waals surface area (Å²) in [4.78, 5) is 5.90. The van der Waals surface area contributed by atoms with Crippen LogP contribution in [0.15, 0.2) is 63.4 Å². The second-order valence-corrected chi connectivity index (χ2v) is 8.95. The van der Waals surface area contributed by atoms with Crippen LogP contribution in [0.25, 0.3) is 11.3 Å². The summed E-state index contributed by atoms with van der Waals surface area (Å²) in [7, 11) is 0. The van der Waals surface area contributed by atoms with Gasteiger partial charge in [0.25, 0.3) is 0 Å². The third kappa shape index (κ3) is 4.27. The maximum absolute atomic E-state index is 4.85. The van der Waals surface area contributed by atoms with Crippen molar-refractivity contribution in [1.29, 1.82) is 0 Å². The number of halogens is 1. The van der Waals surface area contributed by atoms with E-state index in [1.165, 1.54) is 48.9 Å². The molecule has 4 heteroatoms. The van der Waals surface area contributed by atoms with Crippen molar-refractivity contribution in [3.8, 4) is 11.3 Å². The zero-order valence-electron chi connectivity index (χ0n) is 15.7. The standard InChI is InChI=1S/C23H25BrN2S/c1-2-26-22(16-27-23(26)25-21-14-12-20(24)13-15-21)19-10-8-18(9-11-19)17-6-4-3-5-7-17/h8-17H,2-7H2,1H3. The zero-order chi connectivity index (χ0) is 18.6. The van der Waals surface area contributed by atoms with Crippen LogP contribution < -0.4 is 4.80 Å². The molecule has 1 saturated carbocycles. The maximum atomic E-state index is 4.85. The van der Waals surface area contributed by atoms with Crippen molar-refractivity contribution in [2.75, 3.05) is 0 Å². The molecule has 0 aliphatic heterocycles. The van der Waals surface area contributed by atoms with Gasteiger partial charge in [-0.1, -0.05) is 59.5 Å². The Morgan fingerprint density at radius 1 is 1.00 bits per heavy atom. The van der Waals surface area contributed by atoms with Crippen LogP contribution in [0, 0.1) is 0 Å². The van der Waals surface area contributed by atoms with Crippen LogP contribution in [0.5, 0.6) is 0 Å². The van der Waals surface area contributed by atoms with Crippen molar-refractivity contribution in [1.82, 2.24) is 4.57 Å². The van der Waals surface area contributed by atoms with E-state index in [1.807, 2.05) is 24.3 Å². The van der Waals surface area contributed by atoms with Crippen LogP contribution >= 0.6 is 27.3 Å². The van der Waals surface area contributed by atoms with Crippen molar-refractivity contribution in [3.63, 3.8) is 0 Å². The molecule has 1 aromatic heterocycles. The van der Waals surface area contributed by atoms with Crippen LogP contribution in [0.3, 0.4) is 0 Å². The average Bonchev–Trinajstić information content (AvgIpc) is 3.13. The summed E-state index contributed by atoms with van der Waals surface area (Å²) in [6.07, 6.45) is 6.87. The second-order valence-electron chi connectivity index (χ2n) is 7.19. The van der Waals surface area contributed by atoms with Crippen LogP contribution in [0.4, 0.5) is 5.69 Å². The van der Waals surface area contributed by atoms with Gasteiger partial charge in [-0.05, 0) is 61.1 Å². The van der Waals surface area contributed by atoms with E-state index in [0.717, 1.165) is 27.4 Å². The summed E-state index contributed by atoms with van der Waals surface area (Å²) in [6.45, 7) is 3.10. The molecule has 0 unspecified atom stereocenters. The maximum Gasteiger partial charge on any atom is 0.190 e. The highest BCUT2D eigenvalue weighted by atomic mass is 79.9. The highest BCUT2D eigenvalue weighted by Gasteiger charge is 2.15. The molecule has 2 aromatic carbocycles. The van der Waals surface area contributed by atoms with Gasteiger partial charge in [-0.3, -0.25) is 0 Å². The van der Waals surface area contributed by atoms with Crippen molar-refractivity contribution in [3.05, 3.63) is 68.7 Å². The summed E-state index contributed by atoms with van der Waals surface area (Å²) in [5.74, 6) is 0.761. The average molecular weight is 441 g/mol. The molecule has 1 fully saturated rings. The van der Waals surface area contributed by atoms with E-state index in [4.69, 9.17) is 4.99 Å². The Balaban J connectivity index is 1.64. The molecule has 1 heterocycles. The van der Waals surface area contributed by atoms with Crippen molar-refractivity contribution >= 4 is 33.0 Å². The zero-order valence-corrected chi connectivity index (χ0v) is 18.1. The number of thiazole rings is 1. The van der Waals surface area contributed by atoms with Crippen LogP contribution in [0.2, 0.25) is 0 Å². The predicted octanol–water partition coefficient (Wildman–Crippen LogP) is 7.28. The summed E-state index contributed by atoms with van der Waals surface area (Å²) in [6, 6.07) is 17.4. The third-order valence-electron chi connectivity index (χ3n) is 5.45. The lowest BCUT2D eigenvalue weighted by atomic mass is 9.84. The first-order chi connectivity index (χ1) is 13.2. The number of nitrogens with zero attached hydrogens (tertiary/aromatic N) is 2. The monoisotopic (exact) mass is 440 g/mol. The van der Waals surface area contributed by atoms with Gasteiger partial charge in [0.2, 0.25) is 0 Å². The van der Waals surface area contributed by atoms with E-state index in [0.29, 0.717) is 0 Å². The van der Waals surface area contributed by atoms with E-state index >= 15 is 0 Å². The Bertz CT molecular complexity index is 945. The highest BCUT2D eigenvalue weighted by molar-refractivity contribution is 9.10. The molecule has 0 N–H and O–H groups in total. The minimum atomic E-state index is 0.761. The molecule has 0 atom stereocenters. The molecule has 0 saturated heterocycles. The van der Waals surface area contributed by atoms with E-state index in [2.05, 4.69) is 57.1 Å². The van der Waals surface area contributed by atoms with Gasteiger partial charge >= 0.3 is 0 Å². The fourth-order valence-electron chi connectivity index (χ4n) is 3.94. The van der Waals surface area contributed by atoms with Crippen LogP contribution in [-0.4, -0.2) is 4.57 Å². The molecular weight excluding hydrogens is 416 g/mol. The molecule has 27 heavy (non-hydrogen) atoms. The molecule has 4 rings (SSSR count). The molecule has 1 aliphatic carbocycles. The summed E-state index contributed by atoms with van der Waals surface area (Å²) >= 11 is 5.20. The Kier molecular flexibility index (Phi) is 5.94. The lowest BCUT2D eigenvalue weighted by molar-refractivity contribution is 0.443. The summed E-state index contributed by atoms with van der Waals surface area (Å²) < 4.78 is 3.39. The van der Waals surface area contributed by atoms with E-state index in [-0.39, 0.29) is 0 Å². The fraction of sp³-hybridized carbons (Fsp3) is 0.348. The first-order valence-corrected chi connectivity index (χ1v) is 11.5. The number of benzene rings is 2. The van der Waals surface area contributed by atoms with Gasteiger partial charge in [0.1, 0.15) is 0 Å². The highest BCUT2D eigenvalue weighted by Crippen LogP contribution is 2.33. The van der Waals surface area contributed by atoms with Crippen molar-refractivity contribution in [2.45, 2.75) is 51.5 Å². The second kappa shape index (κ2) is 8.57. The third-order valence-corrected chi connectivity index (χ3v) is 6.84. The smallest absolute Gasteiger partial charge is 0.190 e. The van der Waals surface area contributed by atoms with Gasteiger partial charge in [-0.25, -0.2) is 4.99 Å². The SMILES string of the molecule is CCn1c(-c2ccc(C3CCCCC3)cc2)csc1=Nc1ccc(Br)cc1. The molecule has 140 valence electrons. The lowest BCUT2D eigenvalue weighted by Gasteiger charge is -2.22. The topological polar surface area (TPSA) is 17.3 Å².